The second-order valence-corrected chi connectivity index (χ2v) is 6.70. The number of amides is 1. The first-order valence-electron chi connectivity index (χ1n) is 9.44. The minimum atomic E-state index is 0.196. The van der Waals surface area contributed by atoms with E-state index in [0.717, 1.165) is 71.3 Å². The molecule has 2 aliphatic heterocycles. The lowest BCUT2D eigenvalue weighted by atomic mass is 10.2. The van der Waals surface area contributed by atoms with Crippen LogP contribution in [0, 0.1) is 0 Å². The van der Waals surface area contributed by atoms with Crippen LogP contribution >= 0.6 is 0 Å². The van der Waals surface area contributed by atoms with Crippen molar-refractivity contribution in [2.45, 2.75) is 0 Å². The van der Waals surface area contributed by atoms with Gasteiger partial charge in [-0.3, -0.25) is 9.69 Å². The Morgan fingerprint density at radius 3 is 2.42 bits per heavy atom. The van der Waals surface area contributed by atoms with Gasteiger partial charge in [0.25, 0.3) is 0 Å². The van der Waals surface area contributed by atoms with E-state index in [0.29, 0.717) is 6.54 Å². The largest absolute Gasteiger partial charge is 0.497 e. The van der Waals surface area contributed by atoms with Gasteiger partial charge in [0, 0.05) is 58.0 Å². The molecule has 0 aliphatic carbocycles. The lowest BCUT2D eigenvalue weighted by Crippen LogP contribution is -2.51. The third-order valence-corrected chi connectivity index (χ3v) is 5.05. The van der Waals surface area contributed by atoms with Crippen molar-refractivity contribution in [2.75, 3.05) is 84.1 Å². The molecule has 1 aromatic carbocycles. The predicted molar refractivity (Wildman–Crippen MR) is 102 cm³/mol. The van der Waals surface area contributed by atoms with Gasteiger partial charge in [0.05, 0.1) is 26.9 Å². The summed E-state index contributed by atoms with van der Waals surface area (Å²) in [5.41, 5.74) is 1.18. The van der Waals surface area contributed by atoms with E-state index in [1.807, 2.05) is 17.0 Å². The highest BCUT2D eigenvalue weighted by Gasteiger charge is 2.21. The molecule has 7 nitrogen and oxygen atoms in total. The van der Waals surface area contributed by atoms with E-state index >= 15 is 0 Å². The number of hydrogen-bond acceptors (Lipinski definition) is 6. The first-order valence-corrected chi connectivity index (χ1v) is 9.44. The number of methoxy groups -OCH3 is 1. The molecule has 0 bridgehead atoms. The molecule has 0 aromatic heterocycles. The van der Waals surface area contributed by atoms with Gasteiger partial charge in [-0.15, -0.1) is 0 Å². The Bertz CT molecular complexity index is 552. The van der Waals surface area contributed by atoms with Gasteiger partial charge in [-0.2, -0.15) is 0 Å². The maximum Gasteiger partial charge on any atom is 0.236 e. The number of benzene rings is 1. The fourth-order valence-electron chi connectivity index (χ4n) is 3.38. The third-order valence-electron chi connectivity index (χ3n) is 5.05. The van der Waals surface area contributed by atoms with Crippen molar-refractivity contribution >= 4 is 11.6 Å². The number of anilines is 1. The Labute approximate surface area is 155 Å². The maximum absolute atomic E-state index is 12.4. The monoisotopic (exact) mass is 362 g/mol. The quantitative estimate of drug-likeness (QED) is 0.703. The fraction of sp³-hybridized carbons (Fsp3) is 0.632. The molecular weight excluding hydrogens is 332 g/mol. The molecule has 1 N–H and O–H groups in total. The summed E-state index contributed by atoms with van der Waals surface area (Å²) in [6.45, 7) is 9.14. The highest BCUT2D eigenvalue weighted by molar-refractivity contribution is 5.78. The Kier molecular flexibility index (Phi) is 7.11. The number of carbonyl (C=O) groups excluding carboxylic acids is 1. The summed E-state index contributed by atoms with van der Waals surface area (Å²) in [5, 5.41) is 3.28. The Morgan fingerprint density at radius 2 is 1.77 bits per heavy atom. The van der Waals surface area contributed by atoms with Gasteiger partial charge < -0.3 is 24.6 Å². The van der Waals surface area contributed by atoms with Gasteiger partial charge in [0.2, 0.25) is 5.91 Å². The SMILES string of the molecule is COc1ccc(N2CCN(C(=O)CNCCN3CCOCC3)CC2)cc1. The van der Waals surface area contributed by atoms with E-state index in [9.17, 15) is 4.79 Å². The minimum Gasteiger partial charge on any atom is -0.497 e. The minimum absolute atomic E-state index is 0.196. The van der Waals surface area contributed by atoms with E-state index in [2.05, 4.69) is 27.2 Å². The molecule has 2 fully saturated rings. The van der Waals surface area contributed by atoms with Crippen LogP contribution in [0.25, 0.3) is 0 Å². The molecule has 0 spiro atoms. The molecule has 2 heterocycles. The molecule has 26 heavy (non-hydrogen) atoms. The molecule has 0 atom stereocenters. The van der Waals surface area contributed by atoms with Gasteiger partial charge in [-0.05, 0) is 24.3 Å². The zero-order chi connectivity index (χ0) is 18.2. The summed E-state index contributed by atoms with van der Waals surface area (Å²) in [7, 11) is 1.67. The smallest absolute Gasteiger partial charge is 0.236 e. The van der Waals surface area contributed by atoms with Crippen LogP contribution in [0.3, 0.4) is 0 Å². The molecule has 2 saturated heterocycles. The number of rotatable bonds is 7. The van der Waals surface area contributed by atoms with Crippen LogP contribution < -0.4 is 15.0 Å². The topological polar surface area (TPSA) is 57.3 Å². The van der Waals surface area contributed by atoms with Crippen LogP contribution in [0.4, 0.5) is 5.69 Å². The molecule has 0 radical (unpaired) electrons. The van der Waals surface area contributed by atoms with E-state index in [4.69, 9.17) is 9.47 Å². The van der Waals surface area contributed by atoms with Crippen molar-refractivity contribution in [3.05, 3.63) is 24.3 Å². The number of nitrogens with zero attached hydrogens (tertiary/aromatic N) is 3. The van der Waals surface area contributed by atoms with Crippen LogP contribution in [0.15, 0.2) is 24.3 Å². The molecule has 2 aliphatic rings. The first kappa shape index (κ1) is 18.9. The van der Waals surface area contributed by atoms with Crippen LogP contribution in [-0.2, 0) is 9.53 Å². The lowest BCUT2D eigenvalue weighted by molar-refractivity contribution is -0.130. The summed E-state index contributed by atoms with van der Waals surface area (Å²) >= 11 is 0. The molecular formula is C19H30N4O3. The van der Waals surface area contributed by atoms with Crippen LogP contribution in [0.5, 0.6) is 5.75 Å². The number of piperazine rings is 1. The highest BCUT2D eigenvalue weighted by atomic mass is 16.5. The van der Waals surface area contributed by atoms with Gasteiger partial charge >= 0.3 is 0 Å². The summed E-state index contributed by atoms with van der Waals surface area (Å²) in [4.78, 5) is 19.0. The number of ether oxygens (including phenoxy) is 2. The van der Waals surface area contributed by atoms with E-state index < -0.39 is 0 Å². The van der Waals surface area contributed by atoms with Crippen molar-refractivity contribution in [1.82, 2.24) is 15.1 Å². The maximum atomic E-state index is 12.4. The van der Waals surface area contributed by atoms with Crippen LogP contribution in [-0.4, -0.2) is 94.9 Å². The van der Waals surface area contributed by atoms with Crippen LogP contribution in [0.2, 0.25) is 0 Å². The number of hydrogen-bond donors (Lipinski definition) is 1. The average molecular weight is 362 g/mol. The number of morpholine rings is 1. The van der Waals surface area contributed by atoms with Gasteiger partial charge in [0.1, 0.15) is 5.75 Å². The Morgan fingerprint density at radius 1 is 1.08 bits per heavy atom. The standard InChI is InChI=1S/C19H30N4O3/c1-25-18-4-2-17(3-5-18)22-8-10-23(11-9-22)19(24)16-20-6-7-21-12-14-26-15-13-21/h2-5,20H,6-16H2,1H3. The van der Waals surface area contributed by atoms with Crippen molar-refractivity contribution in [3.8, 4) is 5.75 Å². The molecule has 0 unspecified atom stereocenters. The summed E-state index contributed by atoms with van der Waals surface area (Å²) < 4.78 is 10.5. The first-order chi connectivity index (χ1) is 12.8. The highest BCUT2D eigenvalue weighted by Crippen LogP contribution is 2.20. The predicted octanol–water partition coefficient (Wildman–Crippen LogP) is 0.266. The molecule has 1 aromatic rings. The van der Waals surface area contributed by atoms with Crippen LogP contribution in [0.1, 0.15) is 0 Å². The molecule has 0 saturated carbocycles. The zero-order valence-electron chi connectivity index (χ0n) is 15.7. The molecule has 7 heteroatoms. The molecule has 3 rings (SSSR count). The second-order valence-electron chi connectivity index (χ2n) is 6.70. The van der Waals surface area contributed by atoms with Crippen molar-refractivity contribution in [3.63, 3.8) is 0 Å². The van der Waals surface area contributed by atoms with E-state index in [1.165, 1.54) is 5.69 Å². The van der Waals surface area contributed by atoms with Gasteiger partial charge in [-0.25, -0.2) is 0 Å². The molecule has 1 amide bonds. The van der Waals surface area contributed by atoms with Crippen molar-refractivity contribution < 1.29 is 14.3 Å². The van der Waals surface area contributed by atoms with Gasteiger partial charge in [-0.1, -0.05) is 0 Å². The molecule has 144 valence electrons. The van der Waals surface area contributed by atoms with Gasteiger partial charge in [0.15, 0.2) is 0 Å². The average Bonchev–Trinajstić information content (AvgIpc) is 2.72. The van der Waals surface area contributed by atoms with E-state index in [1.54, 1.807) is 7.11 Å². The fourth-order valence-corrected chi connectivity index (χ4v) is 3.38. The Hall–Kier alpha value is -1.83. The Balaban J connectivity index is 1.33. The lowest BCUT2D eigenvalue weighted by Gasteiger charge is -2.36. The third kappa shape index (κ3) is 5.33. The van der Waals surface area contributed by atoms with Crippen molar-refractivity contribution in [1.29, 1.82) is 0 Å². The number of nitrogens with one attached hydrogen (secondary N) is 1. The summed E-state index contributed by atoms with van der Waals surface area (Å²) in [6.07, 6.45) is 0. The number of carbonyl (C=O) groups is 1. The summed E-state index contributed by atoms with van der Waals surface area (Å²) in [6, 6.07) is 8.10. The summed E-state index contributed by atoms with van der Waals surface area (Å²) in [5.74, 6) is 1.06. The second kappa shape index (κ2) is 9.75. The normalized spacial score (nSPS) is 18.8. The zero-order valence-corrected chi connectivity index (χ0v) is 15.7. The van der Waals surface area contributed by atoms with Crippen molar-refractivity contribution in [2.24, 2.45) is 0 Å². The van der Waals surface area contributed by atoms with E-state index in [-0.39, 0.29) is 5.91 Å².